The van der Waals surface area contributed by atoms with Gasteiger partial charge in [-0.15, -0.1) is 5.10 Å². The average Bonchev–Trinajstić information content (AvgIpc) is 3.33. The molecule has 0 spiro atoms. The summed E-state index contributed by atoms with van der Waals surface area (Å²) in [5.74, 6) is 6.16. The number of anilines is 1. The van der Waals surface area contributed by atoms with Crippen molar-refractivity contribution < 1.29 is 9.53 Å². The van der Waals surface area contributed by atoms with Gasteiger partial charge in [0.2, 0.25) is 0 Å². The van der Waals surface area contributed by atoms with Crippen LogP contribution in [0, 0.1) is 11.8 Å². The molecular formula is C28H20N4O2. The molecule has 0 bridgehead atoms. The summed E-state index contributed by atoms with van der Waals surface area (Å²) in [7, 11) is 0. The fourth-order valence-corrected chi connectivity index (χ4v) is 3.50. The highest BCUT2D eigenvalue weighted by Crippen LogP contribution is 2.27. The van der Waals surface area contributed by atoms with E-state index in [2.05, 4.69) is 27.5 Å². The van der Waals surface area contributed by atoms with E-state index >= 15 is 0 Å². The fraction of sp³-hybridized carbons (Fsp3) is 0.0357. The number of para-hydroxylation sites is 3. The van der Waals surface area contributed by atoms with Crippen molar-refractivity contribution in [3.8, 4) is 17.6 Å². The monoisotopic (exact) mass is 444 g/mol. The van der Waals surface area contributed by atoms with Crippen molar-refractivity contribution in [3.05, 3.63) is 121 Å². The normalized spacial score (nSPS) is 12.2. The molecule has 0 saturated carbocycles. The van der Waals surface area contributed by atoms with Crippen LogP contribution in [0.1, 0.15) is 5.56 Å². The van der Waals surface area contributed by atoms with Gasteiger partial charge in [0.15, 0.2) is 0 Å². The van der Waals surface area contributed by atoms with Gasteiger partial charge in [0.25, 0.3) is 0 Å². The molecule has 1 N–H and O–H groups in total. The van der Waals surface area contributed by atoms with E-state index < -0.39 is 11.6 Å². The molecule has 1 unspecified atom stereocenters. The molecule has 6 nitrogen and oxygen atoms in total. The predicted octanol–water partition coefficient (Wildman–Crippen LogP) is 4.85. The zero-order valence-corrected chi connectivity index (χ0v) is 18.1. The third kappa shape index (κ3) is 4.23. The lowest BCUT2D eigenvalue weighted by atomic mass is 10.1. The molecule has 0 radical (unpaired) electrons. The van der Waals surface area contributed by atoms with E-state index in [0.717, 1.165) is 5.56 Å². The average molecular weight is 444 g/mol. The minimum atomic E-state index is -1.84. The Morgan fingerprint density at radius 3 is 2.15 bits per heavy atom. The largest absolute Gasteiger partial charge is 0.447 e. The molecule has 5 rings (SSSR count). The lowest BCUT2D eigenvalue weighted by Crippen LogP contribution is -2.50. The number of nitrogens with zero attached hydrogens (tertiary/aromatic N) is 3. The van der Waals surface area contributed by atoms with Crippen molar-refractivity contribution in [1.82, 2.24) is 15.0 Å². The summed E-state index contributed by atoms with van der Waals surface area (Å²) in [5.41, 5.74) is 0.741. The van der Waals surface area contributed by atoms with Gasteiger partial charge >= 0.3 is 11.6 Å². The quantitative estimate of drug-likeness (QED) is 0.394. The lowest BCUT2D eigenvalue weighted by molar-refractivity contribution is -0.134. The number of benzene rings is 4. The maximum absolute atomic E-state index is 14.0. The molecule has 1 heterocycles. The van der Waals surface area contributed by atoms with Gasteiger partial charge in [-0.1, -0.05) is 77.9 Å². The Hall–Kier alpha value is -4.89. The molecule has 5 aromatic rings. The van der Waals surface area contributed by atoms with Crippen molar-refractivity contribution >= 4 is 22.6 Å². The third-order valence-corrected chi connectivity index (χ3v) is 5.15. The number of carbonyl (C=O) groups is 1. The SMILES string of the molecule is O=C(Nc1ccccc1)C(C#Cc1ccccc1)(Oc1ccccc1)n1nnc2ccccc21. The summed E-state index contributed by atoms with van der Waals surface area (Å²) in [6, 6.07) is 35.0. The van der Waals surface area contributed by atoms with Gasteiger partial charge in [-0.05, 0) is 54.5 Å². The summed E-state index contributed by atoms with van der Waals surface area (Å²) in [4.78, 5) is 14.0. The van der Waals surface area contributed by atoms with Gasteiger partial charge in [0.05, 0.1) is 5.52 Å². The molecule has 4 aromatic carbocycles. The topological polar surface area (TPSA) is 69.0 Å². The van der Waals surface area contributed by atoms with E-state index in [1.54, 1.807) is 24.3 Å². The van der Waals surface area contributed by atoms with E-state index in [0.29, 0.717) is 22.5 Å². The Morgan fingerprint density at radius 2 is 1.41 bits per heavy atom. The summed E-state index contributed by atoms with van der Waals surface area (Å²) >= 11 is 0. The smallest absolute Gasteiger partial charge is 0.348 e. The fourth-order valence-electron chi connectivity index (χ4n) is 3.50. The highest BCUT2D eigenvalue weighted by atomic mass is 16.5. The van der Waals surface area contributed by atoms with E-state index in [9.17, 15) is 4.79 Å². The van der Waals surface area contributed by atoms with E-state index in [-0.39, 0.29) is 0 Å². The summed E-state index contributed by atoms with van der Waals surface area (Å²) in [6.45, 7) is 0. The predicted molar refractivity (Wildman–Crippen MR) is 131 cm³/mol. The Bertz CT molecular complexity index is 1470. The number of hydrogen-bond donors (Lipinski definition) is 1. The van der Waals surface area contributed by atoms with Crippen molar-refractivity contribution in [3.63, 3.8) is 0 Å². The van der Waals surface area contributed by atoms with Crippen molar-refractivity contribution in [1.29, 1.82) is 0 Å². The Balaban J connectivity index is 1.72. The van der Waals surface area contributed by atoms with Crippen LogP contribution in [0.15, 0.2) is 115 Å². The molecule has 1 atom stereocenters. The first-order chi connectivity index (χ1) is 16.7. The first kappa shape index (κ1) is 21.0. The number of aromatic nitrogens is 3. The van der Waals surface area contributed by atoms with Crippen LogP contribution >= 0.6 is 0 Å². The highest BCUT2D eigenvalue weighted by Gasteiger charge is 2.44. The molecular weight excluding hydrogens is 424 g/mol. The second-order valence-electron chi connectivity index (χ2n) is 7.49. The second-order valence-corrected chi connectivity index (χ2v) is 7.49. The number of hydrogen-bond acceptors (Lipinski definition) is 4. The molecule has 1 aromatic heterocycles. The molecule has 164 valence electrons. The third-order valence-electron chi connectivity index (χ3n) is 5.15. The molecule has 6 heteroatoms. The van der Waals surface area contributed by atoms with Crippen LogP contribution in [0.2, 0.25) is 0 Å². The van der Waals surface area contributed by atoms with E-state index in [1.807, 2.05) is 91.0 Å². The first-order valence-corrected chi connectivity index (χ1v) is 10.7. The van der Waals surface area contributed by atoms with Crippen molar-refractivity contribution in [2.45, 2.75) is 5.72 Å². The Kier molecular flexibility index (Phi) is 5.74. The number of amides is 1. The zero-order chi connectivity index (χ0) is 23.2. The van der Waals surface area contributed by atoms with Crippen molar-refractivity contribution in [2.24, 2.45) is 0 Å². The summed E-state index contributed by atoms with van der Waals surface area (Å²) in [5, 5.41) is 11.5. The minimum absolute atomic E-state index is 0.465. The molecule has 0 aliphatic carbocycles. The molecule has 0 aliphatic heterocycles. The first-order valence-electron chi connectivity index (χ1n) is 10.7. The van der Waals surface area contributed by atoms with Gasteiger partial charge in [-0.25, -0.2) is 0 Å². The van der Waals surface area contributed by atoms with Crippen LogP contribution in [0.25, 0.3) is 11.0 Å². The number of fused-ring (bicyclic) bond motifs is 1. The summed E-state index contributed by atoms with van der Waals surface area (Å²) in [6.07, 6.45) is 0. The number of nitrogens with one attached hydrogen (secondary N) is 1. The molecule has 0 saturated heterocycles. The van der Waals surface area contributed by atoms with E-state index in [4.69, 9.17) is 4.74 Å². The van der Waals surface area contributed by atoms with Gasteiger partial charge < -0.3 is 10.1 Å². The van der Waals surface area contributed by atoms with Gasteiger partial charge in [-0.3, -0.25) is 4.79 Å². The highest BCUT2D eigenvalue weighted by molar-refractivity contribution is 5.99. The van der Waals surface area contributed by atoms with Gasteiger partial charge in [0, 0.05) is 11.3 Å². The van der Waals surface area contributed by atoms with Crippen LogP contribution in [-0.2, 0) is 10.5 Å². The summed E-state index contributed by atoms with van der Waals surface area (Å²) < 4.78 is 7.82. The Morgan fingerprint density at radius 1 is 0.794 bits per heavy atom. The van der Waals surface area contributed by atoms with Crippen LogP contribution < -0.4 is 10.1 Å². The van der Waals surface area contributed by atoms with Gasteiger partial charge in [-0.2, -0.15) is 4.68 Å². The standard InChI is InChI=1S/C28H20N4O2/c33-27(29-23-14-6-2-7-15-23)28(34-24-16-8-3-9-17-24,21-20-22-12-4-1-5-13-22)32-26-19-11-10-18-25(26)30-31-32/h1-19H,(H,29,33). The molecule has 34 heavy (non-hydrogen) atoms. The Labute approximate surface area is 196 Å². The maximum atomic E-state index is 14.0. The maximum Gasteiger partial charge on any atom is 0.348 e. The number of rotatable bonds is 5. The minimum Gasteiger partial charge on any atom is -0.447 e. The molecule has 0 fully saturated rings. The van der Waals surface area contributed by atoms with E-state index in [1.165, 1.54) is 4.68 Å². The van der Waals surface area contributed by atoms with Crippen molar-refractivity contribution in [2.75, 3.05) is 5.32 Å². The molecule has 0 aliphatic rings. The second kappa shape index (κ2) is 9.31. The van der Waals surface area contributed by atoms with Crippen LogP contribution in [0.5, 0.6) is 5.75 Å². The van der Waals surface area contributed by atoms with Crippen LogP contribution in [0.4, 0.5) is 5.69 Å². The zero-order valence-electron chi connectivity index (χ0n) is 18.1. The van der Waals surface area contributed by atoms with Gasteiger partial charge in [0.1, 0.15) is 11.3 Å². The van der Waals surface area contributed by atoms with Crippen LogP contribution in [-0.4, -0.2) is 20.9 Å². The lowest BCUT2D eigenvalue weighted by Gasteiger charge is -2.28. The number of ether oxygens (including phenoxy) is 1. The number of carbonyl (C=O) groups excluding carboxylic acids is 1. The molecule has 1 amide bonds. The van der Waals surface area contributed by atoms with Crippen LogP contribution in [0.3, 0.4) is 0 Å².